The summed E-state index contributed by atoms with van der Waals surface area (Å²) in [5.74, 6) is 1.51. The Hall–Kier alpha value is -1.26. The lowest BCUT2D eigenvalue weighted by molar-refractivity contribution is -0.908. The molecule has 4 nitrogen and oxygen atoms in total. The van der Waals surface area contributed by atoms with E-state index in [1.807, 2.05) is 24.3 Å². The number of rotatable bonds is 6. The number of nitrogens with one attached hydrogen (secondary N) is 1. The van der Waals surface area contributed by atoms with Gasteiger partial charge in [-0.15, -0.1) is 0 Å². The average molecular weight is 266 g/mol. The lowest BCUT2D eigenvalue weighted by Gasteiger charge is -2.25. The number of benzene rings is 1. The number of likely N-dealkylation sites (tertiary alicyclic amines) is 1. The molecule has 19 heavy (non-hydrogen) atoms. The van der Waals surface area contributed by atoms with Gasteiger partial charge in [-0.25, -0.2) is 0 Å². The molecule has 106 valence electrons. The number of piperidine rings is 1. The lowest BCUT2D eigenvalue weighted by Crippen LogP contribution is -3.14. The molecule has 1 aromatic rings. The summed E-state index contributed by atoms with van der Waals surface area (Å²) in [5, 5.41) is 10.0. The summed E-state index contributed by atoms with van der Waals surface area (Å²) in [6.07, 6.45) is 3.48. The SMILES string of the molecule is COc1cccc(OCC(O)C[NH+]2CCCCC2)c1. The van der Waals surface area contributed by atoms with Crippen LogP contribution in [0.25, 0.3) is 0 Å². The van der Waals surface area contributed by atoms with Crippen LogP contribution in [0.3, 0.4) is 0 Å². The third-order valence-electron chi connectivity index (χ3n) is 3.57. The molecule has 2 rings (SSSR count). The first-order chi connectivity index (χ1) is 9.28. The summed E-state index contributed by atoms with van der Waals surface area (Å²) in [6.45, 7) is 3.48. The molecule has 1 saturated heterocycles. The minimum absolute atomic E-state index is 0.344. The van der Waals surface area contributed by atoms with Crippen molar-refractivity contribution in [2.45, 2.75) is 25.4 Å². The minimum Gasteiger partial charge on any atom is -0.497 e. The highest BCUT2D eigenvalue weighted by molar-refractivity contribution is 5.32. The molecule has 0 saturated carbocycles. The Balaban J connectivity index is 1.74. The van der Waals surface area contributed by atoms with Crippen LogP contribution in [0.1, 0.15) is 19.3 Å². The normalized spacial score (nSPS) is 18.0. The van der Waals surface area contributed by atoms with E-state index in [1.54, 1.807) is 7.11 Å². The third kappa shape index (κ3) is 4.73. The van der Waals surface area contributed by atoms with Crippen molar-refractivity contribution in [3.63, 3.8) is 0 Å². The van der Waals surface area contributed by atoms with E-state index in [0.717, 1.165) is 18.0 Å². The van der Waals surface area contributed by atoms with Crippen molar-refractivity contribution >= 4 is 0 Å². The highest BCUT2D eigenvalue weighted by Crippen LogP contribution is 2.18. The molecule has 1 fully saturated rings. The Morgan fingerprint density at radius 3 is 2.68 bits per heavy atom. The van der Waals surface area contributed by atoms with E-state index in [4.69, 9.17) is 9.47 Å². The van der Waals surface area contributed by atoms with E-state index in [-0.39, 0.29) is 0 Å². The summed E-state index contributed by atoms with van der Waals surface area (Å²) < 4.78 is 10.7. The van der Waals surface area contributed by atoms with Crippen molar-refractivity contribution < 1.29 is 19.5 Å². The Morgan fingerprint density at radius 2 is 1.95 bits per heavy atom. The van der Waals surface area contributed by atoms with Gasteiger partial charge in [-0.3, -0.25) is 0 Å². The van der Waals surface area contributed by atoms with Gasteiger partial charge < -0.3 is 19.5 Å². The van der Waals surface area contributed by atoms with E-state index in [2.05, 4.69) is 0 Å². The van der Waals surface area contributed by atoms with Gasteiger partial charge in [0.1, 0.15) is 30.8 Å². The Kier molecular flexibility index (Phi) is 5.48. The first-order valence-corrected chi connectivity index (χ1v) is 7.06. The van der Waals surface area contributed by atoms with Crippen LogP contribution in [-0.4, -0.2) is 44.6 Å². The highest BCUT2D eigenvalue weighted by atomic mass is 16.5. The lowest BCUT2D eigenvalue weighted by atomic mass is 10.1. The number of hydrogen-bond acceptors (Lipinski definition) is 3. The molecular formula is C15H24NO3+. The monoisotopic (exact) mass is 266 g/mol. The molecule has 1 aliphatic heterocycles. The molecule has 1 aliphatic rings. The second-order valence-electron chi connectivity index (χ2n) is 5.16. The molecule has 1 atom stereocenters. The second-order valence-corrected chi connectivity index (χ2v) is 5.16. The first kappa shape index (κ1) is 14.2. The quantitative estimate of drug-likeness (QED) is 0.788. The predicted molar refractivity (Wildman–Crippen MR) is 73.9 cm³/mol. The molecule has 2 N–H and O–H groups in total. The summed E-state index contributed by atoms with van der Waals surface area (Å²) in [5.41, 5.74) is 0. The zero-order valence-corrected chi connectivity index (χ0v) is 11.6. The van der Waals surface area contributed by atoms with Crippen LogP contribution in [0.4, 0.5) is 0 Å². The molecule has 1 aromatic carbocycles. The Morgan fingerprint density at radius 1 is 1.21 bits per heavy atom. The molecule has 4 heteroatoms. The minimum atomic E-state index is -0.403. The smallest absolute Gasteiger partial charge is 0.137 e. The largest absolute Gasteiger partial charge is 0.497 e. The zero-order chi connectivity index (χ0) is 13.5. The van der Waals surface area contributed by atoms with Crippen molar-refractivity contribution in [3.05, 3.63) is 24.3 Å². The molecule has 0 spiro atoms. The second kappa shape index (κ2) is 7.36. The summed E-state index contributed by atoms with van der Waals surface area (Å²) in [6, 6.07) is 7.47. The Bertz CT molecular complexity index is 377. The summed E-state index contributed by atoms with van der Waals surface area (Å²) >= 11 is 0. The van der Waals surface area contributed by atoms with Gasteiger partial charge in [-0.1, -0.05) is 6.07 Å². The van der Waals surface area contributed by atoms with Crippen LogP contribution in [0, 0.1) is 0 Å². The molecule has 0 aliphatic carbocycles. The average Bonchev–Trinajstić information content (AvgIpc) is 2.46. The molecule has 1 unspecified atom stereocenters. The van der Waals surface area contributed by atoms with E-state index in [0.29, 0.717) is 6.61 Å². The number of quaternary nitrogens is 1. The van der Waals surface area contributed by atoms with Crippen molar-refractivity contribution in [3.8, 4) is 11.5 Å². The van der Waals surface area contributed by atoms with Gasteiger partial charge in [0.25, 0.3) is 0 Å². The molecule has 0 amide bonds. The van der Waals surface area contributed by atoms with Crippen LogP contribution in [0.2, 0.25) is 0 Å². The molecule has 0 radical (unpaired) electrons. The van der Waals surface area contributed by atoms with Gasteiger partial charge in [-0.2, -0.15) is 0 Å². The van der Waals surface area contributed by atoms with Gasteiger partial charge in [0.2, 0.25) is 0 Å². The number of aliphatic hydroxyl groups is 1. The van der Waals surface area contributed by atoms with Crippen molar-refractivity contribution in [1.29, 1.82) is 0 Å². The topological polar surface area (TPSA) is 43.1 Å². The van der Waals surface area contributed by atoms with Gasteiger partial charge in [0.05, 0.1) is 20.2 Å². The standard InChI is InChI=1S/C15H23NO3/c1-18-14-6-5-7-15(10-14)19-12-13(17)11-16-8-3-2-4-9-16/h5-7,10,13,17H,2-4,8-9,11-12H2,1H3/p+1. The van der Waals surface area contributed by atoms with E-state index in [1.165, 1.54) is 37.3 Å². The maximum absolute atomic E-state index is 10.0. The maximum Gasteiger partial charge on any atom is 0.137 e. The maximum atomic E-state index is 10.0. The fourth-order valence-corrected chi connectivity index (χ4v) is 2.53. The van der Waals surface area contributed by atoms with Crippen molar-refractivity contribution in [2.75, 3.05) is 33.4 Å². The fraction of sp³-hybridized carbons (Fsp3) is 0.600. The van der Waals surface area contributed by atoms with Crippen LogP contribution < -0.4 is 14.4 Å². The Labute approximate surface area is 114 Å². The first-order valence-electron chi connectivity index (χ1n) is 7.06. The van der Waals surface area contributed by atoms with E-state index < -0.39 is 6.10 Å². The summed E-state index contributed by atoms with van der Waals surface area (Å²) in [4.78, 5) is 1.49. The van der Waals surface area contributed by atoms with Crippen LogP contribution >= 0.6 is 0 Å². The third-order valence-corrected chi connectivity index (χ3v) is 3.57. The van der Waals surface area contributed by atoms with Crippen molar-refractivity contribution in [2.24, 2.45) is 0 Å². The molecule has 0 bridgehead atoms. The predicted octanol–water partition coefficient (Wildman–Crippen LogP) is 0.504. The van der Waals surface area contributed by atoms with Crippen LogP contribution in [0.5, 0.6) is 11.5 Å². The number of hydrogen-bond donors (Lipinski definition) is 2. The van der Waals surface area contributed by atoms with Gasteiger partial charge in [0.15, 0.2) is 0 Å². The van der Waals surface area contributed by atoms with Gasteiger partial charge in [-0.05, 0) is 31.4 Å². The molecular weight excluding hydrogens is 242 g/mol. The van der Waals surface area contributed by atoms with Gasteiger partial charge >= 0.3 is 0 Å². The van der Waals surface area contributed by atoms with Gasteiger partial charge in [0, 0.05) is 6.07 Å². The van der Waals surface area contributed by atoms with Crippen LogP contribution in [0.15, 0.2) is 24.3 Å². The van der Waals surface area contributed by atoms with Crippen molar-refractivity contribution in [1.82, 2.24) is 0 Å². The fourth-order valence-electron chi connectivity index (χ4n) is 2.53. The number of aliphatic hydroxyl groups excluding tert-OH is 1. The number of methoxy groups -OCH3 is 1. The summed E-state index contributed by atoms with van der Waals surface area (Å²) in [7, 11) is 1.63. The van der Waals surface area contributed by atoms with E-state index in [9.17, 15) is 5.11 Å². The van der Waals surface area contributed by atoms with Crippen LogP contribution in [-0.2, 0) is 0 Å². The molecule has 0 aromatic heterocycles. The van der Waals surface area contributed by atoms with E-state index >= 15 is 0 Å². The zero-order valence-electron chi connectivity index (χ0n) is 11.6. The number of ether oxygens (including phenoxy) is 2. The molecule has 1 heterocycles. The highest BCUT2D eigenvalue weighted by Gasteiger charge is 2.18.